The fourth-order valence-corrected chi connectivity index (χ4v) is 6.44. The van der Waals surface area contributed by atoms with Crippen molar-refractivity contribution in [2.45, 2.75) is 77.0 Å². The number of aromatic nitrogens is 2. The number of fused-ring (bicyclic) bond motifs is 5. The summed E-state index contributed by atoms with van der Waals surface area (Å²) in [5, 5.41) is 21.4. The minimum atomic E-state index is -1.89. The Hall–Kier alpha value is -3.10. The van der Waals surface area contributed by atoms with E-state index in [9.17, 15) is 24.2 Å². The zero-order valence-corrected chi connectivity index (χ0v) is 20.5. The number of unbranched alkanes of at least 4 members (excludes halogenated alkanes) is 1. The lowest BCUT2D eigenvalue weighted by atomic mass is 9.76. The molecule has 7 nitrogen and oxygen atoms in total. The summed E-state index contributed by atoms with van der Waals surface area (Å²) >= 11 is 0. The predicted octanol–water partition coefficient (Wildman–Crippen LogP) is 3.72. The average Bonchev–Trinajstić information content (AvgIpc) is 3.24. The molecule has 36 heavy (non-hydrogen) atoms. The predicted molar refractivity (Wildman–Crippen MR) is 131 cm³/mol. The number of esters is 1. The zero-order valence-electron chi connectivity index (χ0n) is 20.5. The standard InChI is InChI=1S/C28H29FN2O5/c1-3-28(35)19-10-22-25-17(12-31(22)26(33)18(19)13-36-27(28)34)23-15(6-4-5-9-32)7-8-16-14(2)20(29)11-21(30-25)24(16)23/h10-11,15,32,35H,3-9,12-13H2,1-2H3/t15?,28-/m0/s1. The van der Waals surface area contributed by atoms with Gasteiger partial charge in [-0.15, -0.1) is 0 Å². The summed E-state index contributed by atoms with van der Waals surface area (Å²) in [6.45, 7) is 3.79. The zero-order chi connectivity index (χ0) is 25.4. The quantitative estimate of drug-likeness (QED) is 0.325. The molecular weight excluding hydrogens is 463 g/mol. The van der Waals surface area contributed by atoms with Gasteiger partial charge in [0.1, 0.15) is 12.4 Å². The highest BCUT2D eigenvalue weighted by atomic mass is 19.1. The fourth-order valence-electron chi connectivity index (χ4n) is 6.44. The number of pyridine rings is 2. The van der Waals surface area contributed by atoms with Gasteiger partial charge in [-0.2, -0.15) is 0 Å². The van der Waals surface area contributed by atoms with Crippen LogP contribution in [0.5, 0.6) is 0 Å². The lowest BCUT2D eigenvalue weighted by Gasteiger charge is -2.31. The van der Waals surface area contributed by atoms with Gasteiger partial charge >= 0.3 is 5.97 Å². The van der Waals surface area contributed by atoms with Crippen molar-refractivity contribution in [2.75, 3.05) is 6.61 Å². The third-order valence-corrected chi connectivity index (χ3v) is 8.46. The molecule has 0 fully saturated rings. The number of nitrogens with zero attached hydrogens (tertiary/aromatic N) is 2. The maximum absolute atomic E-state index is 14.9. The van der Waals surface area contributed by atoms with E-state index in [0.29, 0.717) is 29.0 Å². The lowest BCUT2D eigenvalue weighted by Crippen LogP contribution is -2.44. The molecule has 0 spiro atoms. The molecule has 2 atom stereocenters. The van der Waals surface area contributed by atoms with Crippen molar-refractivity contribution in [1.82, 2.24) is 9.55 Å². The first kappa shape index (κ1) is 23.3. The van der Waals surface area contributed by atoms with Gasteiger partial charge in [0.15, 0.2) is 5.60 Å². The van der Waals surface area contributed by atoms with Crippen LogP contribution >= 0.6 is 0 Å². The first-order valence-corrected chi connectivity index (χ1v) is 12.7. The number of carbonyl (C=O) groups excluding carboxylic acids is 1. The largest absolute Gasteiger partial charge is 0.458 e. The van der Waals surface area contributed by atoms with Crippen LogP contribution < -0.4 is 5.56 Å². The second-order valence-electron chi connectivity index (χ2n) is 10.3. The SMILES string of the molecule is CC[C@@]1(O)C(=O)OCc2c1cc1n(c2=O)Cc2c-1nc1cc(F)c(C)c3c1c2C(CCCCO)CC3. The van der Waals surface area contributed by atoms with Gasteiger partial charge in [0.25, 0.3) is 5.56 Å². The summed E-state index contributed by atoms with van der Waals surface area (Å²) < 4.78 is 21.7. The summed E-state index contributed by atoms with van der Waals surface area (Å²) in [6, 6.07) is 3.18. The Morgan fingerprint density at radius 1 is 1.22 bits per heavy atom. The van der Waals surface area contributed by atoms with Crippen LogP contribution in [-0.2, 0) is 34.7 Å². The van der Waals surface area contributed by atoms with Crippen molar-refractivity contribution >= 4 is 16.9 Å². The maximum atomic E-state index is 14.9. The number of carbonyl (C=O) groups is 1. The number of aliphatic hydroxyl groups is 2. The minimum Gasteiger partial charge on any atom is -0.458 e. The number of cyclic esters (lactones) is 1. The van der Waals surface area contributed by atoms with Crippen LogP contribution in [0.4, 0.5) is 4.39 Å². The Bertz CT molecular complexity index is 1510. The third kappa shape index (κ3) is 3.07. The van der Waals surface area contributed by atoms with Crippen molar-refractivity contribution in [3.05, 3.63) is 61.7 Å². The molecule has 3 aliphatic rings. The number of ether oxygens (including phenoxy) is 1. The number of benzene rings is 1. The molecule has 8 heteroatoms. The monoisotopic (exact) mass is 492 g/mol. The van der Waals surface area contributed by atoms with Crippen LogP contribution in [0.3, 0.4) is 0 Å². The van der Waals surface area contributed by atoms with Gasteiger partial charge in [-0.3, -0.25) is 4.79 Å². The number of hydrogen-bond acceptors (Lipinski definition) is 6. The van der Waals surface area contributed by atoms with Crippen molar-refractivity contribution < 1.29 is 24.1 Å². The van der Waals surface area contributed by atoms with Gasteiger partial charge in [-0.25, -0.2) is 14.2 Å². The Morgan fingerprint density at radius 3 is 2.78 bits per heavy atom. The highest BCUT2D eigenvalue weighted by Crippen LogP contribution is 2.47. The molecule has 2 aliphatic heterocycles. The first-order chi connectivity index (χ1) is 17.3. The molecule has 6 rings (SSSR count). The minimum absolute atomic E-state index is 0.0752. The number of hydrogen-bond donors (Lipinski definition) is 2. The van der Waals surface area contributed by atoms with Crippen LogP contribution in [0.2, 0.25) is 0 Å². The Morgan fingerprint density at radius 2 is 2.03 bits per heavy atom. The van der Waals surface area contributed by atoms with E-state index in [4.69, 9.17) is 9.72 Å². The topological polar surface area (TPSA) is 102 Å². The van der Waals surface area contributed by atoms with Gasteiger partial charge in [-0.05, 0) is 67.7 Å². The maximum Gasteiger partial charge on any atom is 0.343 e. The summed E-state index contributed by atoms with van der Waals surface area (Å²) in [4.78, 5) is 31.0. The molecule has 0 saturated heterocycles. The van der Waals surface area contributed by atoms with Gasteiger partial charge in [-0.1, -0.05) is 13.3 Å². The molecule has 0 radical (unpaired) electrons. The smallest absolute Gasteiger partial charge is 0.343 e. The summed E-state index contributed by atoms with van der Waals surface area (Å²) in [6.07, 6.45) is 4.20. The molecule has 2 aromatic heterocycles. The van der Waals surface area contributed by atoms with Crippen LogP contribution in [-0.4, -0.2) is 32.3 Å². The van der Waals surface area contributed by atoms with Crippen molar-refractivity contribution in [2.24, 2.45) is 0 Å². The molecule has 1 aromatic carbocycles. The number of aliphatic hydroxyl groups excluding tert-OH is 1. The summed E-state index contributed by atoms with van der Waals surface area (Å²) in [5.74, 6) is -0.836. The third-order valence-electron chi connectivity index (χ3n) is 8.46. The number of halogens is 1. The van der Waals surface area contributed by atoms with E-state index in [1.165, 1.54) is 6.07 Å². The van der Waals surface area contributed by atoms with Crippen LogP contribution in [0.25, 0.3) is 22.3 Å². The molecule has 4 heterocycles. The fraction of sp³-hybridized carbons (Fsp3) is 0.464. The van der Waals surface area contributed by atoms with Crippen LogP contribution in [0.1, 0.15) is 78.3 Å². The Balaban J connectivity index is 1.63. The molecule has 2 N–H and O–H groups in total. The van der Waals surface area contributed by atoms with Gasteiger partial charge < -0.3 is 19.5 Å². The van der Waals surface area contributed by atoms with Crippen molar-refractivity contribution in [3.8, 4) is 11.4 Å². The van der Waals surface area contributed by atoms with Crippen LogP contribution in [0.15, 0.2) is 16.9 Å². The van der Waals surface area contributed by atoms with Gasteiger partial charge in [0.05, 0.1) is 29.0 Å². The molecule has 3 aromatic rings. The van der Waals surface area contributed by atoms with Gasteiger partial charge in [0.2, 0.25) is 0 Å². The second-order valence-corrected chi connectivity index (χ2v) is 10.3. The highest BCUT2D eigenvalue weighted by molar-refractivity contribution is 5.93. The molecule has 0 bridgehead atoms. The normalized spacial score (nSPS) is 21.8. The Labute approximate surface area is 207 Å². The van der Waals surface area contributed by atoms with E-state index >= 15 is 0 Å². The molecular formula is C28H29FN2O5. The van der Waals surface area contributed by atoms with Gasteiger partial charge in [0, 0.05) is 29.2 Å². The lowest BCUT2D eigenvalue weighted by molar-refractivity contribution is -0.172. The molecule has 1 unspecified atom stereocenters. The molecule has 0 saturated carbocycles. The molecule has 1 aliphatic carbocycles. The van der Waals surface area contributed by atoms with E-state index in [1.54, 1.807) is 17.6 Å². The van der Waals surface area contributed by atoms with Crippen LogP contribution in [0, 0.1) is 12.7 Å². The molecule has 188 valence electrons. The van der Waals surface area contributed by atoms with Crippen molar-refractivity contribution in [1.29, 1.82) is 0 Å². The Kier molecular flexibility index (Phi) is 5.32. The molecule has 0 amide bonds. The van der Waals surface area contributed by atoms with E-state index < -0.39 is 11.6 Å². The van der Waals surface area contributed by atoms with Crippen molar-refractivity contribution in [3.63, 3.8) is 0 Å². The number of rotatable bonds is 5. The summed E-state index contributed by atoms with van der Waals surface area (Å²) in [7, 11) is 0. The van der Waals surface area contributed by atoms with E-state index in [2.05, 4.69) is 0 Å². The van der Waals surface area contributed by atoms with E-state index in [0.717, 1.165) is 54.2 Å². The number of aryl methyl sites for hydroxylation is 1. The average molecular weight is 493 g/mol. The second kappa shape index (κ2) is 8.21. The van der Waals surface area contributed by atoms with E-state index in [1.807, 2.05) is 6.92 Å². The highest BCUT2D eigenvalue weighted by Gasteiger charge is 2.45. The first-order valence-electron chi connectivity index (χ1n) is 12.7. The summed E-state index contributed by atoms with van der Waals surface area (Å²) in [5.41, 5.74) is 3.79. The van der Waals surface area contributed by atoms with E-state index in [-0.39, 0.29) is 48.1 Å².